The number of alkyl carbamates (subject to hydrolysis) is 1. The predicted octanol–water partition coefficient (Wildman–Crippen LogP) is 3.79. The summed E-state index contributed by atoms with van der Waals surface area (Å²) in [7, 11) is 0. The van der Waals surface area contributed by atoms with Crippen LogP contribution in [0.3, 0.4) is 0 Å². The molecule has 0 atom stereocenters. The van der Waals surface area contributed by atoms with Crippen LogP contribution >= 0.6 is 15.9 Å². The fourth-order valence-corrected chi connectivity index (χ4v) is 1.77. The predicted molar refractivity (Wildman–Crippen MR) is 72.0 cm³/mol. The molecule has 3 nitrogen and oxygen atoms in total. The first kappa shape index (κ1) is 15.9. The maximum atomic E-state index is 13.6. The summed E-state index contributed by atoms with van der Waals surface area (Å²) >= 11 is 2.99. The third-order valence-corrected chi connectivity index (χ3v) is 2.79. The summed E-state index contributed by atoms with van der Waals surface area (Å²) < 4.78 is 32.3. The van der Waals surface area contributed by atoms with Gasteiger partial charge in [-0.15, -0.1) is 0 Å². The topological polar surface area (TPSA) is 38.3 Å². The largest absolute Gasteiger partial charge is 0.444 e. The summed E-state index contributed by atoms with van der Waals surface area (Å²) in [6.45, 7) is 5.31. The van der Waals surface area contributed by atoms with Crippen molar-refractivity contribution < 1.29 is 18.3 Å². The van der Waals surface area contributed by atoms with Crippen LogP contribution in [0, 0.1) is 11.6 Å². The zero-order chi connectivity index (χ0) is 14.6. The van der Waals surface area contributed by atoms with Gasteiger partial charge in [0, 0.05) is 12.1 Å². The SMILES string of the molecule is CC(C)(C)OC(=O)NCCc1c(F)ccc(Br)c1F. The van der Waals surface area contributed by atoms with Crippen molar-refractivity contribution in [3.63, 3.8) is 0 Å². The average Bonchev–Trinajstić information content (AvgIpc) is 2.26. The molecule has 1 amide bonds. The van der Waals surface area contributed by atoms with Crippen LogP contribution in [0.2, 0.25) is 0 Å². The van der Waals surface area contributed by atoms with E-state index < -0.39 is 23.3 Å². The van der Waals surface area contributed by atoms with Crippen LogP contribution in [0.15, 0.2) is 16.6 Å². The normalized spacial score (nSPS) is 11.3. The molecule has 106 valence electrons. The molecule has 0 aromatic heterocycles. The lowest BCUT2D eigenvalue weighted by molar-refractivity contribution is 0.0528. The molecule has 0 aliphatic rings. The lowest BCUT2D eigenvalue weighted by Gasteiger charge is -2.19. The highest BCUT2D eigenvalue weighted by Crippen LogP contribution is 2.21. The van der Waals surface area contributed by atoms with Crippen molar-refractivity contribution in [2.75, 3.05) is 6.54 Å². The van der Waals surface area contributed by atoms with Crippen molar-refractivity contribution in [2.45, 2.75) is 32.8 Å². The molecule has 1 aromatic carbocycles. The second-order valence-corrected chi connectivity index (χ2v) is 5.85. The summed E-state index contributed by atoms with van der Waals surface area (Å²) in [5.74, 6) is -1.28. The molecule has 0 spiro atoms. The molecule has 0 radical (unpaired) electrons. The van der Waals surface area contributed by atoms with Crippen LogP contribution in [0.25, 0.3) is 0 Å². The Hall–Kier alpha value is -1.17. The van der Waals surface area contributed by atoms with Gasteiger partial charge in [-0.25, -0.2) is 13.6 Å². The average molecular weight is 336 g/mol. The molecule has 0 saturated heterocycles. The van der Waals surface area contributed by atoms with Crippen LogP contribution in [0.4, 0.5) is 13.6 Å². The van der Waals surface area contributed by atoms with Crippen molar-refractivity contribution >= 4 is 22.0 Å². The standard InChI is InChI=1S/C13H16BrF2NO2/c1-13(2,3)19-12(18)17-7-6-8-10(15)5-4-9(14)11(8)16/h4-5H,6-7H2,1-3H3,(H,17,18). The fourth-order valence-electron chi connectivity index (χ4n) is 1.40. The third kappa shape index (κ3) is 5.14. The van der Waals surface area contributed by atoms with Gasteiger partial charge >= 0.3 is 6.09 Å². The van der Waals surface area contributed by atoms with Crippen LogP contribution < -0.4 is 5.32 Å². The smallest absolute Gasteiger partial charge is 0.407 e. The summed E-state index contributed by atoms with van der Waals surface area (Å²) in [5, 5.41) is 2.45. The summed E-state index contributed by atoms with van der Waals surface area (Å²) in [6, 6.07) is 2.48. The molecule has 0 aliphatic heterocycles. The number of amides is 1. The van der Waals surface area contributed by atoms with Crippen molar-refractivity contribution in [3.05, 3.63) is 33.8 Å². The van der Waals surface area contributed by atoms with Crippen molar-refractivity contribution in [1.82, 2.24) is 5.32 Å². The zero-order valence-corrected chi connectivity index (χ0v) is 12.6. The van der Waals surface area contributed by atoms with E-state index >= 15 is 0 Å². The van der Waals surface area contributed by atoms with Gasteiger partial charge in [0.2, 0.25) is 0 Å². The van der Waals surface area contributed by atoms with Gasteiger partial charge < -0.3 is 10.1 Å². The lowest BCUT2D eigenvalue weighted by atomic mass is 10.1. The summed E-state index contributed by atoms with van der Waals surface area (Å²) in [5.41, 5.74) is -0.665. The molecular formula is C13H16BrF2NO2. The number of hydrogen-bond donors (Lipinski definition) is 1. The van der Waals surface area contributed by atoms with Gasteiger partial charge in [0.05, 0.1) is 4.47 Å². The number of carbonyl (C=O) groups excluding carboxylic acids is 1. The molecule has 0 saturated carbocycles. The molecule has 6 heteroatoms. The zero-order valence-electron chi connectivity index (χ0n) is 11.0. The second-order valence-electron chi connectivity index (χ2n) is 5.00. The molecule has 0 fully saturated rings. The van der Waals surface area contributed by atoms with E-state index in [0.717, 1.165) is 0 Å². The van der Waals surface area contributed by atoms with Gasteiger partial charge in [-0.05, 0) is 55.3 Å². The lowest BCUT2D eigenvalue weighted by Crippen LogP contribution is -2.33. The monoisotopic (exact) mass is 335 g/mol. The summed E-state index contributed by atoms with van der Waals surface area (Å²) in [6.07, 6.45) is -0.556. The number of benzene rings is 1. The number of halogens is 3. The molecule has 0 aliphatic carbocycles. The summed E-state index contributed by atoms with van der Waals surface area (Å²) in [4.78, 5) is 11.4. The van der Waals surface area contributed by atoms with Crippen molar-refractivity contribution in [3.8, 4) is 0 Å². The van der Waals surface area contributed by atoms with E-state index in [0.29, 0.717) is 0 Å². The van der Waals surface area contributed by atoms with Gasteiger partial charge in [-0.1, -0.05) is 0 Å². The number of carbonyl (C=O) groups is 1. The Balaban J connectivity index is 2.55. The Labute approximate surface area is 119 Å². The van der Waals surface area contributed by atoms with Crippen LogP contribution in [0.1, 0.15) is 26.3 Å². The van der Waals surface area contributed by atoms with Gasteiger partial charge in [0.25, 0.3) is 0 Å². The second kappa shape index (κ2) is 6.32. The molecular weight excluding hydrogens is 320 g/mol. The highest BCUT2D eigenvalue weighted by Gasteiger charge is 2.16. The molecule has 19 heavy (non-hydrogen) atoms. The van der Waals surface area contributed by atoms with E-state index in [-0.39, 0.29) is 23.0 Å². The van der Waals surface area contributed by atoms with Gasteiger partial charge in [0.1, 0.15) is 17.2 Å². The van der Waals surface area contributed by atoms with E-state index in [9.17, 15) is 13.6 Å². The maximum absolute atomic E-state index is 13.6. The minimum Gasteiger partial charge on any atom is -0.444 e. The number of hydrogen-bond acceptors (Lipinski definition) is 2. The Morgan fingerprint density at radius 3 is 2.58 bits per heavy atom. The molecule has 0 unspecified atom stereocenters. The van der Waals surface area contributed by atoms with Gasteiger partial charge in [0.15, 0.2) is 0 Å². The first-order chi connectivity index (χ1) is 8.70. The molecule has 0 heterocycles. The molecule has 1 aromatic rings. The molecule has 1 rings (SSSR count). The van der Waals surface area contributed by atoms with Crippen molar-refractivity contribution in [1.29, 1.82) is 0 Å². The molecule has 1 N–H and O–H groups in total. The minimum atomic E-state index is -0.647. The quantitative estimate of drug-likeness (QED) is 0.853. The van der Waals surface area contributed by atoms with Crippen molar-refractivity contribution in [2.24, 2.45) is 0 Å². The molecule has 0 bridgehead atoms. The Bertz CT molecular complexity index is 472. The Morgan fingerprint density at radius 1 is 1.37 bits per heavy atom. The first-order valence-corrected chi connectivity index (χ1v) is 6.59. The van der Waals surface area contributed by atoms with Crippen LogP contribution in [-0.2, 0) is 11.2 Å². The van der Waals surface area contributed by atoms with Gasteiger partial charge in [-0.2, -0.15) is 0 Å². The van der Waals surface area contributed by atoms with Gasteiger partial charge in [-0.3, -0.25) is 0 Å². The highest BCUT2D eigenvalue weighted by molar-refractivity contribution is 9.10. The van der Waals surface area contributed by atoms with Crippen LogP contribution in [0.5, 0.6) is 0 Å². The van der Waals surface area contributed by atoms with E-state index in [2.05, 4.69) is 21.2 Å². The first-order valence-electron chi connectivity index (χ1n) is 5.80. The highest BCUT2D eigenvalue weighted by atomic mass is 79.9. The number of nitrogens with one attached hydrogen (secondary N) is 1. The van der Waals surface area contributed by atoms with E-state index in [1.165, 1.54) is 12.1 Å². The van der Waals surface area contributed by atoms with E-state index in [4.69, 9.17) is 4.74 Å². The van der Waals surface area contributed by atoms with Crippen LogP contribution in [-0.4, -0.2) is 18.2 Å². The Kier molecular flexibility index (Phi) is 5.29. The maximum Gasteiger partial charge on any atom is 0.407 e. The third-order valence-electron chi connectivity index (χ3n) is 2.18. The van der Waals surface area contributed by atoms with E-state index in [1.807, 2.05) is 0 Å². The number of rotatable bonds is 3. The Morgan fingerprint density at radius 2 is 2.00 bits per heavy atom. The fraction of sp³-hybridized carbons (Fsp3) is 0.462. The minimum absolute atomic E-state index is 0.0519. The van der Waals surface area contributed by atoms with E-state index in [1.54, 1.807) is 20.8 Å². The number of ether oxygens (including phenoxy) is 1.